The van der Waals surface area contributed by atoms with Crippen LogP contribution in [-0.2, 0) is 6.42 Å². The Morgan fingerprint density at radius 3 is 2.85 bits per heavy atom. The van der Waals surface area contributed by atoms with E-state index in [0.29, 0.717) is 36.4 Å². The second-order valence-electron chi connectivity index (χ2n) is 5.68. The van der Waals surface area contributed by atoms with Crippen LogP contribution in [0.2, 0.25) is 0 Å². The van der Waals surface area contributed by atoms with Crippen LogP contribution in [0.5, 0.6) is 0 Å². The molecule has 0 saturated carbocycles. The fraction of sp³-hybridized carbons (Fsp3) is 0.714. The molecule has 2 heterocycles. The fourth-order valence-electron chi connectivity index (χ4n) is 2.81. The highest BCUT2D eigenvalue weighted by atomic mass is 16.5. The maximum absolute atomic E-state index is 12.7. The zero-order valence-corrected chi connectivity index (χ0v) is 12.6. The van der Waals surface area contributed by atoms with Gasteiger partial charge in [0.2, 0.25) is 0 Å². The lowest BCUT2D eigenvalue weighted by molar-refractivity contribution is 0.0696. The molecule has 112 valence electrons. The summed E-state index contributed by atoms with van der Waals surface area (Å²) in [7, 11) is 3.94. The molecule has 0 aromatic carbocycles. The number of aliphatic hydroxyl groups excluding tert-OH is 1. The van der Waals surface area contributed by atoms with E-state index in [1.807, 2.05) is 25.9 Å². The molecule has 2 unspecified atom stereocenters. The van der Waals surface area contributed by atoms with Crippen LogP contribution in [0, 0.1) is 6.92 Å². The maximum Gasteiger partial charge on any atom is 0.259 e. The summed E-state index contributed by atoms with van der Waals surface area (Å²) in [4.78, 5) is 16.5. The molecule has 1 aliphatic rings. The minimum absolute atomic E-state index is 0.0338. The molecule has 2 rings (SSSR count). The first kappa shape index (κ1) is 15.0. The van der Waals surface area contributed by atoms with Gasteiger partial charge in [-0.2, -0.15) is 0 Å². The molecule has 1 N–H and O–H groups in total. The molecular weight excluding hydrogens is 258 g/mol. The van der Waals surface area contributed by atoms with Crippen molar-refractivity contribution in [3.63, 3.8) is 0 Å². The van der Waals surface area contributed by atoms with Crippen LogP contribution >= 0.6 is 0 Å². The standard InChI is InChI=1S/C14H23N3O3/c1-5-12-13(9(2)20-15-12)14(19)17-8-11(18)6-10(17)7-16(3)4/h10-11,18H,5-8H2,1-4H3. The number of aromatic nitrogens is 1. The van der Waals surface area contributed by atoms with Gasteiger partial charge in [0.15, 0.2) is 0 Å². The Morgan fingerprint density at radius 1 is 1.55 bits per heavy atom. The fourth-order valence-corrected chi connectivity index (χ4v) is 2.81. The van der Waals surface area contributed by atoms with E-state index in [4.69, 9.17) is 4.52 Å². The first-order valence-corrected chi connectivity index (χ1v) is 7.02. The summed E-state index contributed by atoms with van der Waals surface area (Å²) in [6.45, 7) is 4.83. The maximum atomic E-state index is 12.7. The summed E-state index contributed by atoms with van der Waals surface area (Å²) in [6.07, 6.45) is 0.831. The number of aliphatic hydroxyl groups is 1. The number of hydrogen-bond donors (Lipinski definition) is 1. The van der Waals surface area contributed by atoms with Gasteiger partial charge < -0.3 is 19.4 Å². The van der Waals surface area contributed by atoms with Crippen molar-refractivity contribution < 1.29 is 14.4 Å². The number of likely N-dealkylation sites (tertiary alicyclic amines) is 1. The van der Waals surface area contributed by atoms with Gasteiger partial charge in [-0.15, -0.1) is 0 Å². The Hall–Kier alpha value is -1.40. The molecule has 1 aromatic heterocycles. The molecular formula is C14H23N3O3. The molecule has 2 atom stereocenters. The van der Waals surface area contributed by atoms with Crippen LogP contribution in [0.15, 0.2) is 4.52 Å². The molecule has 1 fully saturated rings. The number of carbonyl (C=O) groups excluding carboxylic acids is 1. The molecule has 6 heteroatoms. The second kappa shape index (κ2) is 5.93. The lowest BCUT2D eigenvalue weighted by Gasteiger charge is -2.26. The van der Waals surface area contributed by atoms with Gasteiger partial charge in [0, 0.05) is 19.1 Å². The molecule has 1 aromatic rings. The summed E-state index contributed by atoms with van der Waals surface area (Å²) in [5, 5.41) is 13.8. The number of β-amino-alcohol motifs (C(OH)–C–C–N with tert-alkyl or cyclic N) is 1. The molecule has 1 amide bonds. The van der Waals surface area contributed by atoms with Crippen LogP contribution in [0.3, 0.4) is 0 Å². The van der Waals surface area contributed by atoms with Crippen LogP contribution < -0.4 is 0 Å². The molecule has 0 radical (unpaired) electrons. The highest BCUT2D eigenvalue weighted by Gasteiger charge is 2.37. The lowest BCUT2D eigenvalue weighted by atomic mass is 10.1. The van der Waals surface area contributed by atoms with Gasteiger partial charge in [-0.05, 0) is 33.9 Å². The van der Waals surface area contributed by atoms with E-state index in [2.05, 4.69) is 5.16 Å². The smallest absolute Gasteiger partial charge is 0.259 e. The van der Waals surface area contributed by atoms with Crippen LogP contribution in [-0.4, -0.2) is 65.3 Å². The Morgan fingerprint density at radius 2 is 2.25 bits per heavy atom. The average Bonchev–Trinajstić information content (AvgIpc) is 2.91. The number of amides is 1. The third-order valence-electron chi connectivity index (χ3n) is 3.71. The van der Waals surface area contributed by atoms with Crippen molar-refractivity contribution >= 4 is 5.91 Å². The van der Waals surface area contributed by atoms with Crippen molar-refractivity contribution in [1.82, 2.24) is 15.0 Å². The summed E-state index contributed by atoms with van der Waals surface area (Å²) in [6, 6.07) is 0.0338. The van der Waals surface area contributed by atoms with Gasteiger partial charge in [-0.25, -0.2) is 0 Å². The Labute approximate surface area is 119 Å². The lowest BCUT2D eigenvalue weighted by Crippen LogP contribution is -2.41. The van der Waals surface area contributed by atoms with Crippen molar-refractivity contribution in [3.8, 4) is 0 Å². The third-order valence-corrected chi connectivity index (χ3v) is 3.71. The van der Waals surface area contributed by atoms with Gasteiger partial charge in [0.25, 0.3) is 5.91 Å². The second-order valence-corrected chi connectivity index (χ2v) is 5.68. The van der Waals surface area contributed by atoms with Gasteiger partial charge >= 0.3 is 0 Å². The minimum atomic E-state index is -0.450. The Kier molecular flexibility index (Phi) is 4.45. The topological polar surface area (TPSA) is 69.8 Å². The molecule has 1 aliphatic heterocycles. The molecule has 20 heavy (non-hydrogen) atoms. The highest BCUT2D eigenvalue weighted by Crippen LogP contribution is 2.24. The number of nitrogens with zero attached hydrogens (tertiary/aromatic N) is 3. The van der Waals surface area contributed by atoms with E-state index in [9.17, 15) is 9.90 Å². The molecule has 0 spiro atoms. The third kappa shape index (κ3) is 2.86. The number of likely N-dealkylation sites (N-methyl/N-ethyl adjacent to an activating group) is 1. The van der Waals surface area contributed by atoms with E-state index in [1.165, 1.54) is 0 Å². The van der Waals surface area contributed by atoms with Crippen molar-refractivity contribution in [3.05, 3.63) is 17.0 Å². The van der Waals surface area contributed by atoms with E-state index >= 15 is 0 Å². The quantitative estimate of drug-likeness (QED) is 0.879. The number of hydrogen-bond acceptors (Lipinski definition) is 5. The van der Waals surface area contributed by atoms with E-state index < -0.39 is 6.10 Å². The summed E-state index contributed by atoms with van der Waals surface area (Å²) in [5.41, 5.74) is 1.25. The Balaban J connectivity index is 2.24. The SMILES string of the molecule is CCc1noc(C)c1C(=O)N1CC(O)CC1CN(C)C. The first-order valence-electron chi connectivity index (χ1n) is 7.02. The van der Waals surface area contributed by atoms with E-state index in [-0.39, 0.29) is 11.9 Å². The summed E-state index contributed by atoms with van der Waals surface area (Å²) >= 11 is 0. The number of aryl methyl sites for hydroxylation is 2. The van der Waals surface area contributed by atoms with Crippen LogP contribution in [0.4, 0.5) is 0 Å². The molecule has 0 aliphatic carbocycles. The molecule has 0 bridgehead atoms. The van der Waals surface area contributed by atoms with Crippen LogP contribution in [0.1, 0.15) is 35.2 Å². The predicted molar refractivity (Wildman–Crippen MR) is 74.6 cm³/mol. The molecule has 6 nitrogen and oxygen atoms in total. The first-order chi connectivity index (χ1) is 9.43. The molecule has 1 saturated heterocycles. The van der Waals surface area contributed by atoms with Crippen molar-refractivity contribution in [2.24, 2.45) is 0 Å². The largest absolute Gasteiger partial charge is 0.391 e. The van der Waals surface area contributed by atoms with Crippen LogP contribution in [0.25, 0.3) is 0 Å². The normalized spacial score (nSPS) is 22.8. The summed E-state index contributed by atoms with van der Waals surface area (Å²) < 4.78 is 5.14. The zero-order valence-electron chi connectivity index (χ0n) is 12.6. The van der Waals surface area contributed by atoms with Crippen molar-refractivity contribution in [2.45, 2.75) is 38.8 Å². The highest BCUT2D eigenvalue weighted by molar-refractivity contribution is 5.96. The van der Waals surface area contributed by atoms with Gasteiger partial charge in [0.1, 0.15) is 11.3 Å². The van der Waals surface area contributed by atoms with Crippen molar-refractivity contribution in [1.29, 1.82) is 0 Å². The van der Waals surface area contributed by atoms with Crippen molar-refractivity contribution in [2.75, 3.05) is 27.2 Å². The van der Waals surface area contributed by atoms with Gasteiger partial charge in [-0.1, -0.05) is 12.1 Å². The monoisotopic (exact) mass is 281 g/mol. The Bertz CT molecular complexity index is 484. The van der Waals surface area contributed by atoms with E-state index in [1.54, 1.807) is 11.8 Å². The number of carbonyl (C=O) groups is 1. The average molecular weight is 281 g/mol. The minimum Gasteiger partial charge on any atom is -0.391 e. The van der Waals surface area contributed by atoms with Gasteiger partial charge in [-0.3, -0.25) is 4.79 Å². The number of rotatable bonds is 4. The van der Waals surface area contributed by atoms with Gasteiger partial charge in [0.05, 0.1) is 11.8 Å². The zero-order chi connectivity index (χ0) is 14.9. The summed E-state index contributed by atoms with van der Waals surface area (Å²) in [5.74, 6) is 0.473. The predicted octanol–water partition coefficient (Wildman–Crippen LogP) is 0.682. The van der Waals surface area contributed by atoms with E-state index in [0.717, 1.165) is 6.54 Å².